The second-order valence-electron chi connectivity index (χ2n) is 12.5. The predicted molar refractivity (Wildman–Crippen MR) is 180 cm³/mol. The van der Waals surface area contributed by atoms with Crippen molar-refractivity contribution in [2.75, 3.05) is 51.3 Å². The Hall–Kier alpha value is -5.11. The number of carbonyl (C=O) groups is 1. The molecule has 2 unspecified atom stereocenters. The molecule has 3 aliphatic rings. The van der Waals surface area contributed by atoms with Gasteiger partial charge in [-0.05, 0) is 56.5 Å². The van der Waals surface area contributed by atoms with E-state index in [-0.39, 0.29) is 30.3 Å². The molecule has 8 rings (SSSR count). The van der Waals surface area contributed by atoms with Gasteiger partial charge in [0.25, 0.3) is 5.91 Å². The summed E-state index contributed by atoms with van der Waals surface area (Å²) >= 11 is 0. The normalized spacial score (nSPS) is 19.7. The first-order valence-corrected chi connectivity index (χ1v) is 16.3. The number of methoxy groups -OCH3 is 1. The fourth-order valence-corrected chi connectivity index (χ4v) is 6.92. The van der Waals surface area contributed by atoms with Crippen molar-refractivity contribution < 1.29 is 22.7 Å². The summed E-state index contributed by atoms with van der Waals surface area (Å²) < 4.78 is 48.7. The minimum absolute atomic E-state index is 0.000337. The van der Waals surface area contributed by atoms with Gasteiger partial charge in [0.15, 0.2) is 11.6 Å². The number of aromatic amines is 1. The number of fused-ring (bicyclic) bond motifs is 3. The van der Waals surface area contributed by atoms with Gasteiger partial charge in [0.05, 0.1) is 29.9 Å². The average Bonchev–Trinajstić information content (AvgIpc) is 3.86. The highest BCUT2D eigenvalue weighted by atomic mass is 19.1. The maximum absolute atomic E-state index is 16.1. The van der Waals surface area contributed by atoms with Gasteiger partial charge in [-0.15, -0.1) is 0 Å². The maximum Gasteiger partial charge on any atom is 0.318 e. The molecule has 11 nitrogen and oxygen atoms in total. The third kappa shape index (κ3) is 6.52. The molecule has 1 N–H and O–H groups in total. The average molecular weight is 672 g/mol. The molecule has 3 fully saturated rings. The van der Waals surface area contributed by atoms with Crippen LogP contribution >= 0.6 is 0 Å². The van der Waals surface area contributed by atoms with E-state index in [1.165, 1.54) is 31.0 Å². The number of aromatic nitrogens is 6. The third-order valence-electron chi connectivity index (χ3n) is 9.39. The zero-order valence-corrected chi connectivity index (χ0v) is 27.2. The van der Waals surface area contributed by atoms with Crippen molar-refractivity contribution in [2.24, 2.45) is 0 Å². The number of ether oxygens (including phenoxy) is 1. The molecule has 14 heteroatoms. The van der Waals surface area contributed by atoms with Gasteiger partial charge in [0, 0.05) is 68.2 Å². The molecule has 254 valence electrons. The number of alkyl halides is 1. The summed E-state index contributed by atoms with van der Waals surface area (Å²) in [6, 6.07) is 9.42. The maximum atomic E-state index is 16.1. The van der Waals surface area contributed by atoms with Gasteiger partial charge in [-0.1, -0.05) is 12.1 Å². The lowest BCUT2D eigenvalue weighted by molar-refractivity contribution is -0.128. The number of benzene rings is 1. The number of hydrogen-bond acceptors (Lipinski definition) is 9. The lowest BCUT2D eigenvalue weighted by Crippen LogP contribution is -2.49. The number of amides is 1. The van der Waals surface area contributed by atoms with Crippen molar-refractivity contribution in [3.8, 4) is 17.3 Å². The van der Waals surface area contributed by atoms with Gasteiger partial charge in [0.1, 0.15) is 23.2 Å². The number of H-pyrrole nitrogens is 1. The second-order valence-corrected chi connectivity index (χ2v) is 12.5. The van der Waals surface area contributed by atoms with E-state index < -0.39 is 23.7 Å². The second kappa shape index (κ2) is 13.8. The van der Waals surface area contributed by atoms with Crippen LogP contribution in [0.3, 0.4) is 0 Å². The van der Waals surface area contributed by atoms with E-state index in [4.69, 9.17) is 4.74 Å². The van der Waals surface area contributed by atoms with Gasteiger partial charge >= 0.3 is 6.01 Å². The van der Waals surface area contributed by atoms with Gasteiger partial charge in [-0.3, -0.25) is 24.8 Å². The van der Waals surface area contributed by atoms with Crippen molar-refractivity contribution in [3.63, 3.8) is 0 Å². The molecule has 3 aliphatic heterocycles. The Balaban J connectivity index is 0.000000361. The van der Waals surface area contributed by atoms with Crippen LogP contribution in [0, 0.1) is 12.7 Å². The first-order valence-electron chi connectivity index (χ1n) is 16.3. The number of pyridine rings is 2. The van der Waals surface area contributed by atoms with Crippen LogP contribution in [0.15, 0.2) is 54.7 Å². The zero-order chi connectivity index (χ0) is 34.1. The van der Waals surface area contributed by atoms with Crippen LogP contribution in [0.2, 0.25) is 0 Å². The summed E-state index contributed by atoms with van der Waals surface area (Å²) in [6.07, 6.45) is 8.66. The van der Waals surface area contributed by atoms with Crippen molar-refractivity contribution >= 4 is 39.6 Å². The number of anilines is 1. The first kappa shape index (κ1) is 32.4. The minimum atomic E-state index is -0.886. The largest absolute Gasteiger partial charge is 0.467 e. The van der Waals surface area contributed by atoms with Crippen LogP contribution in [-0.2, 0) is 4.79 Å². The van der Waals surface area contributed by atoms with Crippen molar-refractivity contribution in [1.29, 1.82) is 0 Å². The predicted octanol–water partition coefficient (Wildman–Crippen LogP) is 5.27. The highest BCUT2D eigenvalue weighted by molar-refractivity contribution is 5.99. The fourth-order valence-electron chi connectivity index (χ4n) is 6.92. The number of nitrogens with zero attached hydrogens (tertiary/aromatic N) is 8. The highest BCUT2D eigenvalue weighted by Crippen LogP contribution is 2.36. The number of rotatable bonds is 5. The summed E-state index contributed by atoms with van der Waals surface area (Å²) in [5, 5.41) is 8.14. The smallest absolute Gasteiger partial charge is 0.318 e. The lowest BCUT2D eigenvalue weighted by atomic mass is 10.00. The van der Waals surface area contributed by atoms with Gasteiger partial charge in [-0.2, -0.15) is 15.1 Å². The molecule has 0 saturated carbocycles. The van der Waals surface area contributed by atoms with Gasteiger partial charge < -0.3 is 14.5 Å². The van der Waals surface area contributed by atoms with E-state index in [0.29, 0.717) is 48.1 Å². The van der Waals surface area contributed by atoms with Crippen LogP contribution in [0.5, 0.6) is 6.01 Å². The van der Waals surface area contributed by atoms with Gasteiger partial charge in [-0.25, -0.2) is 13.2 Å². The first-order chi connectivity index (χ1) is 23.8. The van der Waals surface area contributed by atoms with E-state index in [1.807, 2.05) is 24.0 Å². The summed E-state index contributed by atoms with van der Waals surface area (Å²) in [5.74, 6) is -1.78. The Bertz CT molecular complexity index is 2000. The topological polar surface area (TPSA) is 116 Å². The molecule has 0 radical (unpaired) electrons. The van der Waals surface area contributed by atoms with E-state index in [1.54, 1.807) is 30.6 Å². The Labute approximate surface area is 280 Å². The number of halogens is 3. The number of nitrogens with one attached hydrogen (secondary N) is 1. The van der Waals surface area contributed by atoms with E-state index in [9.17, 15) is 13.6 Å². The SMILES string of the molecule is COc1nc(N2CCN(C(=O)/C(F)=C/c3ccccn3)CC2)c2cnc(-c3c(C)ccc4[nH]ncc34)c(F)c2n1.FC1CC2CCCN2C1. The summed E-state index contributed by atoms with van der Waals surface area (Å²) in [4.78, 5) is 35.6. The van der Waals surface area contributed by atoms with E-state index >= 15 is 4.39 Å². The molecule has 2 atom stereocenters. The zero-order valence-electron chi connectivity index (χ0n) is 27.2. The Morgan fingerprint density at radius 3 is 2.63 bits per heavy atom. The Morgan fingerprint density at radius 1 is 1.04 bits per heavy atom. The molecule has 1 aromatic carbocycles. The van der Waals surface area contributed by atoms with Gasteiger partial charge in [0.2, 0.25) is 0 Å². The fraction of sp³-hybridized carbons (Fsp3) is 0.371. The molecule has 1 amide bonds. The number of hydrogen-bond donors (Lipinski definition) is 1. The monoisotopic (exact) mass is 671 g/mol. The lowest BCUT2D eigenvalue weighted by Gasteiger charge is -2.35. The standard InChI is InChI=1S/C28H24F2N8O2.C7H12FN/c1-16-6-7-21-18(15-33-36-21)22(16)25-23(30)24-19(14-32-25)26(35-28(34-24)40-2)37-9-11-38(12-10-37)27(39)20(29)13-17-5-3-4-8-31-17;8-6-4-7-2-1-3-9(7)5-6/h3-8,13-15H,9-12H2,1-2H3,(H,33,36);6-7H,1-5H2/b20-13-;. The summed E-state index contributed by atoms with van der Waals surface area (Å²) in [6.45, 7) is 4.91. The molecule has 7 heterocycles. The number of carbonyl (C=O) groups excluding carboxylic acids is 1. The molecule has 5 aromatic rings. The Morgan fingerprint density at radius 2 is 1.88 bits per heavy atom. The quantitative estimate of drug-likeness (QED) is 0.250. The van der Waals surface area contributed by atoms with Crippen LogP contribution in [0.4, 0.5) is 19.0 Å². The number of piperazine rings is 1. The van der Waals surface area contributed by atoms with Crippen LogP contribution in [0.25, 0.3) is 39.1 Å². The molecular weight excluding hydrogens is 635 g/mol. The number of aryl methyl sites for hydroxylation is 1. The molecule has 4 aromatic heterocycles. The molecule has 49 heavy (non-hydrogen) atoms. The van der Waals surface area contributed by atoms with Crippen LogP contribution in [0.1, 0.15) is 30.5 Å². The molecule has 0 bridgehead atoms. The Kier molecular flexibility index (Phi) is 9.13. The molecular formula is C35H36F3N9O2. The van der Waals surface area contributed by atoms with E-state index in [0.717, 1.165) is 35.5 Å². The summed E-state index contributed by atoms with van der Waals surface area (Å²) in [7, 11) is 1.41. The van der Waals surface area contributed by atoms with Crippen LogP contribution < -0.4 is 9.64 Å². The molecule has 0 spiro atoms. The van der Waals surface area contributed by atoms with Crippen molar-refractivity contribution in [2.45, 2.75) is 38.4 Å². The third-order valence-corrected chi connectivity index (χ3v) is 9.39. The molecule has 3 saturated heterocycles. The summed E-state index contributed by atoms with van der Waals surface area (Å²) in [5.41, 5.74) is 2.80. The van der Waals surface area contributed by atoms with E-state index in [2.05, 4.69) is 35.0 Å². The van der Waals surface area contributed by atoms with Crippen molar-refractivity contribution in [3.05, 3.63) is 71.8 Å². The molecule has 0 aliphatic carbocycles. The minimum Gasteiger partial charge on any atom is -0.467 e. The van der Waals surface area contributed by atoms with Crippen LogP contribution in [-0.4, -0.2) is 104 Å². The highest BCUT2D eigenvalue weighted by Gasteiger charge is 2.35. The van der Waals surface area contributed by atoms with Crippen molar-refractivity contribution in [1.82, 2.24) is 39.9 Å².